The molecule has 7 heteroatoms. The lowest BCUT2D eigenvalue weighted by molar-refractivity contribution is -0.128. The molecule has 7 nitrogen and oxygen atoms in total. The molecule has 2 amide bonds. The highest BCUT2D eigenvalue weighted by atomic mass is 16.5. The summed E-state index contributed by atoms with van der Waals surface area (Å²) in [5.74, 6) is 0.275. The van der Waals surface area contributed by atoms with Gasteiger partial charge in [-0.15, -0.1) is 0 Å². The maximum Gasteiger partial charge on any atom is 0.274 e. The first kappa shape index (κ1) is 17.8. The Bertz CT molecular complexity index is 774. The topological polar surface area (TPSA) is 90.9 Å². The van der Waals surface area contributed by atoms with Crippen LogP contribution in [0.25, 0.3) is 0 Å². The van der Waals surface area contributed by atoms with Crippen LogP contribution in [0.3, 0.4) is 0 Å². The summed E-state index contributed by atoms with van der Waals surface area (Å²) >= 11 is 0. The number of rotatable bonds is 6. The largest absolute Gasteiger partial charge is 0.497 e. The number of methoxy groups -OCH3 is 1. The number of benzene rings is 2. The van der Waals surface area contributed by atoms with E-state index in [4.69, 9.17) is 9.94 Å². The Morgan fingerprint density at radius 2 is 1.88 bits per heavy atom. The van der Waals surface area contributed by atoms with Crippen molar-refractivity contribution in [1.29, 1.82) is 0 Å². The van der Waals surface area contributed by atoms with Crippen molar-refractivity contribution in [1.82, 2.24) is 10.4 Å². The highest BCUT2D eigenvalue weighted by Crippen LogP contribution is 2.21. The molecule has 2 aromatic carbocycles. The van der Waals surface area contributed by atoms with Crippen LogP contribution in [-0.2, 0) is 11.3 Å². The number of hydrogen-bond donors (Lipinski definition) is 3. The summed E-state index contributed by atoms with van der Waals surface area (Å²) in [6.07, 6.45) is 0.716. The van der Waals surface area contributed by atoms with Gasteiger partial charge in [0.2, 0.25) is 5.91 Å². The van der Waals surface area contributed by atoms with Gasteiger partial charge in [-0.3, -0.25) is 14.8 Å². The maximum atomic E-state index is 12.6. The molecule has 0 radical (unpaired) electrons. The van der Waals surface area contributed by atoms with Gasteiger partial charge in [0.25, 0.3) is 5.91 Å². The van der Waals surface area contributed by atoms with Crippen molar-refractivity contribution < 1.29 is 19.5 Å². The fourth-order valence-corrected chi connectivity index (χ4v) is 2.96. The first-order valence-corrected chi connectivity index (χ1v) is 8.33. The molecule has 0 aliphatic carbocycles. The third-order valence-electron chi connectivity index (χ3n) is 4.42. The molecule has 1 aliphatic rings. The Labute approximate surface area is 151 Å². The fourth-order valence-electron chi connectivity index (χ4n) is 2.96. The minimum Gasteiger partial charge on any atom is -0.497 e. The Kier molecular flexibility index (Phi) is 5.38. The van der Waals surface area contributed by atoms with E-state index in [1.165, 1.54) is 0 Å². The Morgan fingerprint density at radius 1 is 1.19 bits per heavy atom. The molecule has 0 bridgehead atoms. The van der Waals surface area contributed by atoms with E-state index in [1.54, 1.807) is 36.9 Å². The van der Waals surface area contributed by atoms with Gasteiger partial charge in [0, 0.05) is 24.3 Å². The molecule has 136 valence electrons. The van der Waals surface area contributed by atoms with E-state index in [0.717, 1.165) is 17.0 Å². The van der Waals surface area contributed by atoms with Gasteiger partial charge in [0.05, 0.1) is 7.11 Å². The zero-order valence-electron chi connectivity index (χ0n) is 14.4. The van der Waals surface area contributed by atoms with E-state index >= 15 is 0 Å². The molecular formula is C19H21N3O4. The van der Waals surface area contributed by atoms with Crippen molar-refractivity contribution >= 4 is 17.5 Å². The standard InChI is InChI=1S/C19H21N3O4/c1-26-16-8-2-13(3-9-16)12-22-11-10-17(19(22)24)20-15-6-4-14(5-7-15)18(23)21-25/h2-9,17,20,25H,10-12H2,1H3,(H,21,23). The maximum absolute atomic E-state index is 12.6. The minimum absolute atomic E-state index is 0.0537. The van der Waals surface area contributed by atoms with Gasteiger partial charge in [0.15, 0.2) is 0 Å². The third kappa shape index (κ3) is 3.94. The monoisotopic (exact) mass is 355 g/mol. The van der Waals surface area contributed by atoms with Crippen LogP contribution in [0.2, 0.25) is 0 Å². The molecule has 3 rings (SSSR count). The zero-order valence-corrected chi connectivity index (χ0v) is 14.4. The lowest BCUT2D eigenvalue weighted by Crippen LogP contribution is -2.33. The number of anilines is 1. The van der Waals surface area contributed by atoms with Crippen LogP contribution >= 0.6 is 0 Å². The van der Waals surface area contributed by atoms with Crippen LogP contribution in [0.5, 0.6) is 5.75 Å². The SMILES string of the molecule is COc1ccc(CN2CCC(Nc3ccc(C(=O)NO)cc3)C2=O)cc1. The smallest absolute Gasteiger partial charge is 0.274 e. The normalized spacial score (nSPS) is 16.5. The number of hydroxylamine groups is 1. The number of carbonyl (C=O) groups is 2. The van der Waals surface area contributed by atoms with Crippen LogP contribution in [0.4, 0.5) is 5.69 Å². The summed E-state index contributed by atoms with van der Waals surface area (Å²) in [4.78, 5) is 25.8. The van der Waals surface area contributed by atoms with Crippen molar-refractivity contribution in [2.24, 2.45) is 0 Å². The van der Waals surface area contributed by atoms with E-state index < -0.39 is 5.91 Å². The first-order valence-electron chi connectivity index (χ1n) is 8.33. The van der Waals surface area contributed by atoms with Gasteiger partial charge in [-0.05, 0) is 48.4 Å². The number of amides is 2. The second kappa shape index (κ2) is 7.88. The molecule has 2 aromatic rings. The number of likely N-dealkylation sites (tertiary alicyclic amines) is 1. The van der Waals surface area contributed by atoms with Gasteiger partial charge >= 0.3 is 0 Å². The van der Waals surface area contributed by atoms with E-state index in [1.807, 2.05) is 29.2 Å². The van der Waals surface area contributed by atoms with Crippen LogP contribution < -0.4 is 15.5 Å². The molecule has 1 heterocycles. The molecule has 0 aromatic heterocycles. The molecule has 1 saturated heterocycles. The fraction of sp³-hybridized carbons (Fsp3) is 0.263. The van der Waals surface area contributed by atoms with Gasteiger partial charge in [-0.1, -0.05) is 12.1 Å². The predicted octanol–water partition coefficient (Wildman–Crippen LogP) is 2.03. The summed E-state index contributed by atoms with van der Waals surface area (Å²) in [6.45, 7) is 1.25. The Hall–Kier alpha value is -3.06. The van der Waals surface area contributed by atoms with Crippen LogP contribution in [0.15, 0.2) is 48.5 Å². The van der Waals surface area contributed by atoms with Gasteiger partial charge in [-0.2, -0.15) is 0 Å². The van der Waals surface area contributed by atoms with Crippen molar-refractivity contribution in [3.8, 4) is 5.75 Å². The summed E-state index contributed by atoms with van der Waals surface area (Å²) in [5, 5.41) is 11.8. The Balaban J connectivity index is 1.59. The van der Waals surface area contributed by atoms with Crippen molar-refractivity contribution in [3.63, 3.8) is 0 Å². The predicted molar refractivity (Wildman–Crippen MR) is 96.1 cm³/mol. The van der Waals surface area contributed by atoms with Crippen molar-refractivity contribution in [2.75, 3.05) is 19.0 Å². The number of ether oxygens (including phenoxy) is 1. The highest BCUT2D eigenvalue weighted by Gasteiger charge is 2.31. The first-order chi connectivity index (χ1) is 12.6. The highest BCUT2D eigenvalue weighted by molar-refractivity contribution is 5.93. The van der Waals surface area contributed by atoms with Crippen molar-refractivity contribution in [2.45, 2.75) is 19.0 Å². The quantitative estimate of drug-likeness (QED) is 0.545. The Morgan fingerprint density at radius 3 is 2.50 bits per heavy atom. The number of carbonyl (C=O) groups excluding carboxylic acids is 2. The third-order valence-corrected chi connectivity index (χ3v) is 4.42. The lowest BCUT2D eigenvalue weighted by atomic mass is 10.1. The molecule has 26 heavy (non-hydrogen) atoms. The summed E-state index contributed by atoms with van der Waals surface area (Å²) in [6, 6.07) is 14.0. The molecule has 0 spiro atoms. The van der Waals surface area contributed by atoms with Crippen molar-refractivity contribution in [3.05, 3.63) is 59.7 Å². The van der Waals surface area contributed by atoms with Crippen LogP contribution in [-0.4, -0.2) is 41.6 Å². The molecule has 1 atom stereocenters. The number of nitrogens with one attached hydrogen (secondary N) is 2. The number of hydrogen-bond acceptors (Lipinski definition) is 5. The molecule has 1 aliphatic heterocycles. The summed E-state index contributed by atoms with van der Waals surface area (Å²) in [7, 11) is 1.62. The van der Waals surface area contributed by atoms with E-state index in [9.17, 15) is 9.59 Å². The van der Waals surface area contributed by atoms with Crippen LogP contribution in [0, 0.1) is 0 Å². The lowest BCUT2D eigenvalue weighted by Gasteiger charge is -2.18. The molecular weight excluding hydrogens is 334 g/mol. The van der Waals surface area contributed by atoms with Gasteiger partial charge < -0.3 is 15.0 Å². The zero-order chi connectivity index (χ0) is 18.5. The summed E-state index contributed by atoms with van der Waals surface area (Å²) in [5.41, 5.74) is 3.74. The van der Waals surface area contributed by atoms with Crippen LogP contribution in [0.1, 0.15) is 22.3 Å². The number of nitrogens with zero attached hydrogens (tertiary/aromatic N) is 1. The van der Waals surface area contributed by atoms with Gasteiger partial charge in [-0.25, -0.2) is 5.48 Å². The van der Waals surface area contributed by atoms with E-state index in [-0.39, 0.29) is 11.9 Å². The molecule has 1 unspecified atom stereocenters. The van der Waals surface area contributed by atoms with Gasteiger partial charge in [0.1, 0.15) is 11.8 Å². The average molecular weight is 355 g/mol. The minimum atomic E-state index is -0.570. The molecule has 0 saturated carbocycles. The van der Waals surface area contributed by atoms with E-state index in [2.05, 4.69) is 5.32 Å². The molecule has 3 N–H and O–H groups in total. The second-order valence-electron chi connectivity index (χ2n) is 6.11. The molecule has 1 fully saturated rings. The second-order valence-corrected chi connectivity index (χ2v) is 6.11. The van der Waals surface area contributed by atoms with E-state index in [0.29, 0.717) is 25.1 Å². The summed E-state index contributed by atoms with van der Waals surface area (Å²) < 4.78 is 5.14. The average Bonchev–Trinajstić information content (AvgIpc) is 3.02.